The number of nitrogens with zero attached hydrogens (tertiary/aromatic N) is 3. The molecule has 29 heavy (non-hydrogen) atoms. The topological polar surface area (TPSA) is 62.3 Å². The first-order chi connectivity index (χ1) is 14.3. The van der Waals surface area contributed by atoms with E-state index in [1.165, 1.54) is 17.5 Å². The molecule has 1 aromatic heterocycles. The maximum Gasteiger partial charge on any atom is 0.224 e. The van der Waals surface area contributed by atoms with Crippen LogP contribution in [0.25, 0.3) is 0 Å². The fourth-order valence-corrected chi connectivity index (χ4v) is 3.58. The maximum atomic E-state index is 5.84. The van der Waals surface area contributed by atoms with Crippen molar-refractivity contribution in [2.24, 2.45) is 0 Å². The zero-order valence-corrected chi connectivity index (χ0v) is 17.7. The van der Waals surface area contributed by atoms with Gasteiger partial charge in [-0.05, 0) is 39.2 Å². The third-order valence-corrected chi connectivity index (χ3v) is 5.46. The van der Waals surface area contributed by atoms with Crippen molar-refractivity contribution in [3.05, 3.63) is 76.5 Å². The number of para-hydroxylation sites is 1. The molecule has 1 aliphatic rings. The van der Waals surface area contributed by atoms with Crippen LogP contribution in [0.2, 0.25) is 0 Å². The molecule has 0 radical (unpaired) electrons. The van der Waals surface area contributed by atoms with Crippen LogP contribution in [0.5, 0.6) is 11.6 Å². The van der Waals surface area contributed by atoms with E-state index in [4.69, 9.17) is 4.74 Å². The Labute approximate surface area is 179 Å². The van der Waals surface area contributed by atoms with Crippen LogP contribution in [0.15, 0.2) is 65.4 Å². The fourth-order valence-electron chi connectivity index (χ4n) is 3.21. The van der Waals surface area contributed by atoms with E-state index in [0.717, 1.165) is 48.8 Å². The van der Waals surface area contributed by atoms with Gasteiger partial charge in [-0.25, -0.2) is 9.97 Å². The summed E-state index contributed by atoms with van der Waals surface area (Å²) in [7, 11) is 0. The highest BCUT2D eigenvalue weighted by molar-refractivity contribution is 9.10. The third-order valence-electron chi connectivity index (χ3n) is 4.81. The van der Waals surface area contributed by atoms with Crippen molar-refractivity contribution in [2.45, 2.75) is 13.1 Å². The van der Waals surface area contributed by atoms with Crippen molar-refractivity contribution in [3.63, 3.8) is 0 Å². The lowest BCUT2D eigenvalue weighted by atomic mass is 10.1. The molecule has 1 aliphatic heterocycles. The van der Waals surface area contributed by atoms with Gasteiger partial charge in [-0.1, -0.05) is 36.4 Å². The van der Waals surface area contributed by atoms with E-state index in [9.17, 15) is 0 Å². The van der Waals surface area contributed by atoms with Crippen LogP contribution >= 0.6 is 15.9 Å². The number of aromatic nitrogens is 2. The van der Waals surface area contributed by atoms with E-state index in [0.29, 0.717) is 12.4 Å². The molecule has 0 atom stereocenters. The van der Waals surface area contributed by atoms with Crippen molar-refractivity contribution in [1.82, 2.24) is 20.2 Å². The Bertz CT molecular complexity index is 928. The summed E-state index contributed by atoms with van der Waals surface area (Å²) in [6, 6.07) is 18.3. The Morgan fingerprint density at radius 1 is 1.00 bits per heavy atom. The molecule has 1 saturated heterocycles. The summed E-state index contributed by atoms with van der Waals surface area (Å²) in [4.78, 5) is 11.0. The average molecular weight is 454 g/mol. The number of nitrogens with one attached hydrogen (secondary N) is 2. The van der Waals surface area contributed by atoms with Crippen molar-refractivity contribution >= 4 is 21.7 Å². The largest absolute Gasteiger partial charge is 0.438 e. The van der Waals surface area contributed by atoms with Crippen molar-refractivity contribution in [2.75, 3.05) is 31.5 Å². The smallest absolute Gasteiger partial charge is 0.224 e. The highest BCUT2D eigenvalue weighted by Gasteiger charge is 2.10. The minimum Gasteiger partial charge on any atom is -0.438 e. The Balaban J connectivity index is 1.32. The lowest BCUT2D eigenvalue weighted by molar-refractivity contribution is 0.233. The van der Waals surface area contributed by atoms with Crippen LogP contribution in [-0.4, -0.2) is 41.0 Å². The molecule has 1 fully saturated rings. The summed E-state index contributed by atoms with van der Waals surface area (Å²) in [6.07, 6.45) is 1.51. The second kappa shape index (κ2) is 9.82. The fraction of sp³-hybridized carbons (Fsp3) is 0.273. The van der Waals surface area contributed by atoms with Gasteiger partial charge in [-0.3, -0.25) is 4.90 Å². The second-order valence-corrected chi connectivity index (χ2v) is 7.82. The lowest BCUT2D eigenvalue weighted by Crippen LogP contribution is -2.42. The minimum atomic E-state index is 0.501. The summed E-state index contributed by atoms with van der Waals surface area (Å²) >= 11 is 3.48. The van der Waals surface area contributed by atoms with Gasteiger partial charge in [0, 0.05) is 45.3 Å². The van der Waals surface area contributed by atoms with Crippen molar-refractivity contribution in [1.29, 1.82) is 0 Å². The Morgan fingerprint density at radius 3 is 2.55 bits per heavy atom. The summed E-state index contributed by atoms with van der Waals surface area (Å²) in [5.74, 6) is 1.95. The number of rotatable bonds is 7. The molecule has 0 bridgehead atoms. The van der Waals surface area contributed by atoms with E-state index in [2.05, 4.69) is 65.7 Å². The van der Waals surface area contributed by atoms with Gasteiger partial charge in [0.05, 0.1) is 4.47 Å². The summed E-state index contributed by atoms with van der Waals surface area (Å²) < 4.78 is 6.73. The average Bonchev–Trinajstić information content (AvgIpc) is 2.76. The number of anilines is 1. The van der Waals surface area contributed by atoms with Gasteiger partial charge in [0.25, 0.3) is 0 Å². The predicted octanol–water partition coefficient (Wildman–Crippen LogP) is 4.05. The zero-order chi connectivity index (χ0) is 19.9. The molecule has 0 spiro atoms. The van der Waals surface area contributed by atoms with Gasteiger partial charge in [-0.15, -0.1) is 0 Å². The number of hydrogen-bond acceptors (Lipinski definition) is 6. The van der Waals surface area contributed by atoms with Gasteiger partial charge in [0.1, 0.15) is 17.9 Å². The van der Waals surface area contributed by atoms with E-state index < -0.39 is 0 Å². The van der Waals surface area contributed by atoms with Crippen LogP contribution in [0.3, 0.4) is 0 Å². The highest BCUT2D eigenvalue weighted by atomic mass is 79.9. The lowest BCUT2D eigenvalue weighted by Gasteiger charge is -2.27. The zero-order valence-electron chi connectivity index (χ0n) is 16.1. The van der Waals surface area contributed by atoms with Gasteiger partial charge < -0.3 is 15.4 Å². The first-order valence-corrected chi connectivity index (χ1v) is 10.5. The third kappa shape index (κ3) is 5.76. The molecule has 2 heterocycles. The standard InChI is InChI=1S/C22H24BrN5O/c23-19-3-1-2-4-20(19)29-22-13-21(26-16-27-22)25-14-17-5-7-18(8-6-17)15-28-11-9-24-10-12-28/h1-8,13,16,24H,9-12,14-15H2,(H,25,26,27). The van der Waals surface area contributed by atoms with Crippen molar-refractivity contribution in [3.8, 4) is 11.6 Å². The van der Waals surface area contributed by atoms with Crippen LogP contribution in [0.1, 0.15) is 11.1 Å². The molecule has 4 rings (SSSR count). The van der Waals surface area contributed by atoms with Crippen LogP contribution in [0, 0.1) is 0 Å². The predicted molar refractivity (Wildman–Crippen MR) is 118 cm³/mol. The van der Waals surface area contributed by atoms with Crippen LogP contribution in [-0.2, 0) is 13.1 Å². The number of halogens is 1. The molecule has 2 aromatic carbocycles. The van der Waals surface area contributed by atoms with Crippen LogP contribution in [0.4, 0.5) is 5.82 Å². The molecule has 0 amide bonds. The molecule has 150 valence electrons. The van der Waals surface area contributed by atoms with E-state index >= 15 is 0 Å². The Morgan fingerprint density at radius 2 is 1.76 bits per heavy atom. The first-order valence-electron chi connectivity index (χ1n) is 9.75. The van der Waals surface area contributed by atoms with E-state index in [1.807, 2.05) is 24.3 Å². The summed E-state index contributed by atoms with van der Waals surface area (Å²) in [5.41, 5.74) is 2.56. The Kier molecular flexibility index (Phi) is 6.71. The van der Waals surface area contributed by atoms with Crippen molar-refractivity contribution < 1.29 is 4.74 Å². The number of piperazine rings is 1. The minimum absolute atomic E-state index is 0.501. The summed E-state index contributed by atoms with van der Waals surface area (Å²) in [5, 5.41) is 6.73. The first kappa shape index (κ1) is 19.8. The maximum absolute atomic E-state index is 5.84. The molecule has 2 N–H and O–H groups in total. The molecule has 7 heteroatoms. The summed E-state index contributed by atoms with van der Waals surface area (Å²) in [6.45, 7) is 6.08. The van der Waals surface area contributed by atoms with E-state index in [-0.39, 0.29) is 0 Å². The van der Waals surface area contributed by atoms with Gasteiger partial charge >= 0.3 is 0 Å². The molecular formula is C22H24BrN5O. The molecule has 0 aliphatic carbocycles. The highest BCUT2D eigenvalue weighted by Crippen LogP contribution is 2.28. The monoisotopic (exact) mass is 453 g/mol. The molecule has 0 saturated carbocycles. The number of hydrogen-bond donors (Lipinski definition) is 2. The molecule has 3 aromatic rings. The SMILES string of the molecule is Brc1ccccc1Oc1cc(NCc2ccc(CN3CCNCC3)cc2)ncn1. The quantitative estimate of drug-likeness (QED) is 0.562. The van der Waals surface area contributed by atoms with Gasteiger partial charge in [-0.2, -0.15) is 0 Å². The van der Waals surface area contributed by atoms with Gasteiger partial charge in [0.2, 0.25) is 5.88 Å². The molecule has 6 nitrogen and oxygen atoms in total. The van der Waals surface area contributed by atoms with Gasteiger partial charge in [0.15, 0.2) is 0 Å². The number of ether oxygens (including phenoxy) is 1. The molecular weight excluding hydrogens is 430 g/mol. The normalized spacial score (nSPS) is 14.5. The number of benzene rings is 2. The second-order valence-electron chi connectivity index (χ2n) is 6.97. The van der Waals surface area contributed by atoms with E-state index in [1.54, 1.807) is 6.07 Å². The van der Waals surface area contributed by atoms with Crippen LogP contribution < -0.4 is 15.4 Å². The molecule has 0 unspecified atom stereocenters. The Hall–Kier alpha value is -2.48.